The summed E-state index contributed by atoms with van der Waals surface area (Å²) in [5.41, 5.74) is 0.607. The van der Waals surface area contributed by atoms with E-state index in [2.05, 4.69) is 10.6 Å². The summed E-state index contributed by atoms with van der Waals surface area (Å²) in [6.45, 7) is 0. The van der Waals surface area contributed by atoms with Gasteiger partial charge in [0.2, 0.25) is 0 Å². The molecule has 0 aromatic heterocycles. The largest absolute Gasteiger partial charge is 0.454 e. The van der Waals surface area contributed by atoms with E-state index in [9.17, 15) is 4.79 Å². The molecule has 0 radical (unpaired) electrons. The molecule has 1 fully saturated rings. The number of para-hydroxylation sites is 3. The first-order valence-corrected chi connectivity index (χ1v) is 7.19. The quantitative estimate of drug-likeness (QED) is 0.878. The van der Waals surface area contributed by atoms with E-state index >= 15 is 0 Å². The van der Waals surface area contributed by atoms with Crippen molar-refractivity contribution < 1.29 is 9.53 Å². The van der Waals surface area contributed by atoms with E-state index in [1.165, 1.54) is 0 Å². The molecule has 0 atom stereocenters. The molecule has 1 aliphatic rings. The summed E-state index contributed by atoms with van der Waals surface area (Å²) in [7, 11) is 0. The van der Waals surface area contributed by atoms with Gasteiger partial charge in [-0.25, -0.2) is 4.79 Å². The number of hydrogen-bond acceptors (Lipinski definition) is 2. The number of ether oxygens (including phenoxy) is 1. The molecule has 1 aliphatic carbocycles. The van der Waals surface area contributed by atoms with Gasteiger partial charge in [-0.3, -0.25) is 0 Å². The second kappa shape index (κ2) is 6.06. The van der Waals surface area contributed by atoms with Gasteiger partial charge in [0.15, 0.2) is 5.75 Å². The Morgan fingerprint density at radius 3 is 2.43 bits per heavy atom. The molecule has 3 rings (SSSR count). The molecule has 2 amide bonds. The number of hydrogen-bond donors (Lipinski definition) is 2. The molecule has 1 saturated carbocycles. The van der Waals surface area contributed by atoms with Crippen molar-refractivity contribution in [3.05, 3.63) is 53.6 Å². The number of anilines is 1. The highest BCUT2D eigenvalue weighted by Crippen LogP contribution is 2.33. The monoisotopic (exact) mass is 302 g/mol. The highest BCUT2D eigenvalue weighted by molar-refractivity contribution is 6.32. The Labute approximate surface area is 128 Å². The zero-order chi connectivity index (χ0) is 14.7. The number of benzene rings is 2. The van der Waals surface area contributed by atoms with Crippen molar-refractivity contribution >= 4 is 23.3 Å². The zero-order valence-electron chi connectivity index (χ0n) is 11.3. The van der Waals surface area contributed by atoms with Crippen LogP contribution in [0.15, 0.2) is 48.5 Å². The predicted octanol–water partition coefficient (Wildman–Crippen LogP) is 4.42. The molecule has 2 aromatic rings. The molecule has 21 heavy (non-hydrogen) atoms. The normalized spacial score (nSPS) is 13.6. The molecule has 0 unspecified atom stereocenters. The Morgan fingerprint density at radius 1 is 1.05 bits per heavy atom. The predicted molar refractivity (Wildman–Crippen MR) is 83.1 cm³/mol. The highest BCUT2D eigenvalue weighted by Gasteiger charge is 2.23. The summed E-state index contributed by atoms with van der Waals surface area (Å²) in [5.74, 6) is 1.10. The number of amides is 2. The van der Waals surface area contributed by atoms with Crippen molar-refractivity contribution in [2.45, 2.75) is 18.9 Å². The average Bonchev–Trinajstić information content (AvgIpc) is 3.27. The minimum atomic E-state index is -0.215. The minimum absolute atomic E-state index is 0.215. The summed E-state index contributed by atoms with van der Waals surface area (Å²) in [5, 5.41) is 6.20. The third-order valence-corrected chi connectivity index (χ3v) is 3.42. The summed E-state index contributed by atoms with van der Waals surface area (Å²) in [6, 6.07) is 14.6. The van der Waals surface area contributed by atoms with Crippen LogP contribution in [0, 0.1) is 0 Å². The van der Waals surface area contributed by atoms with Crippen LogP contribution in [0.1, 0.15) is 12.8 Å². The molecule has 0 spiro atoms. The van der Waals surface area contributed by atoms with Gasteiger partial charge in [0.25, 0.3) is 0 Å². The minimum Gasteiger partial charge on any atom is -0.454 e. The number of urea groups is 1. The zero-order valence-corrected chi connectivity index (χ0v) is 12.1. The molecule has 4 nitrogen and oxygen atoms in total. The Bertz CT molecular complexity index is 656. The summed E-state index contributed by atoms with van der Waals surface area (Å²) < 4.78 is 5.79. The van der Waals surface area contributed by atoms with Crippen molar-refractivity contribution in [1.82, 2.24) is 5.32 Å². The molecule has 0 bridgehead atoms. The van der Waals surface area contributed by atoms with Crippen LogP contribution in [0.25, 0.3) is 0 Å². The summed E-state index contributed by atoms with van der Waals surface area (Å²) in [6.07, 6.45) is 2.09. The Kier molecular flexibility index (Phi) is 3.97. The Morgan fingerprint density at radius 2 is 1.71 bits per heavy atom. The van der Waals surface area contributed by atoms with Crippen LogP contribution in [0.3, 0.4) is 0 Å². The first-order valence-electron chi connectivity index (χ1n) is 6.81. The first-order chi connectivity index (χ1) is 10.2. The molecule has 5 heteroatoms. The van der Waals surface area contributed by atoms with Crippen LogP contribution in [-0.2, 0) is 0 Å². The van der Waals surface area contributed by atoms with Gasteiger partial charge in [-0.1, -0.05) is 35.9 Å². The lowest BCUT2D eigenvalue weighted by Crippen LogP contribution is -2.30. The van der Waals surface area contributed by atoms with Crippen molar-refractivity contribution in [3.8, 4) is 11.5 Å². The maximum atomic E-state index is 11.8. The molecule has 0 aliphatic heterocycles. The van der Waals surface area contributed by atoms with Crippen molar-refractivity contribution in [1.29, 1.82) is 0 Å². The fourth-order valence-corrected chi connectivity index (χ4v) is 2.05. The van der Waals surface area contributed by atoms with Gasteiger partial charge in [-0.2, -0.15) is 0 Å². The van der Waals surface area contributed by atoms with Gasteiger partial charge in [-0.15, -0.1) is 0 Å². The third-order valence-electron chi connectivity index (χ3n) is 3.10. The second-order valence-corrected chi connectivity index (χ2v) is 5.31. The number of nitrogens with one attached hydrogen (secondary N) is 2. The van der Waals surface area contributed by atoms with Crippen molar-refractivity contribution in [3.63, 3.8) is 0 Å². The number of carbonyl (C=O) groups is 1. The van der Waals surface area contributed by atoms with Gasteiger partial charge in [0.05, 0.1) is 10.7 Å². The smallest absolute Gasteiger partial charge is 0.319 e. The molecule has 0 heterocycles. The number of carbonyl (C=O) groups excluding carboxylic acids is 1. The van der Waals surface area contributed by atoms with E-state index in [-0.39, 0.29) is 6.03 Å². The fourth-order valence-electron chi connectivity index (χ4n) is 1.88. The van der Waals surface area contributed by atoms with Crippen LogP contribution in [-0.4, -0.2) is 12.1 Å². The topological polar surface area (TPSA) is 50.4 Å². The molecular weight excluding hydrogens is 288 g/mol. The van der Waals surface area contributed by atoms with E-state index in [4.69, 9.17) is 16.3 Å². The van der Waals surface area contributed by atoms with Gasteiger partial charge in [0, 0.05) is 6.04 Å². The van der Waals surface area contributed by atoms with E-state index in [1.807, 2.05) is 24.3 Å². The van der Waals surface area contributed by atoms with E-state index in [1.54, 1.807) is 24.3 Å². The average molecular weight is 303 g/mol. The first kappa shape index (κ1) is 13.8. The van der Waals surface area contributed by atoms with Crippen LogP contribution < -0.4 is 15.4 Å². The lowest BCUT2D eigenvalue weighted by molar-refractivity contribution is 0.251. The van der Waals surface area contributed by atoms with Gasteiger partial charge < -0.3 is 15.4 Å². The maximum Gasteiger partial charge on any atom is 0.319 e. The second-order valence-electron chi connectivity index (χ2n) is 4.90. The third kappa shape index (κ3) is 3.67. The van der Waals surface area contributed by atoms with Gasteiger partial charge in [0.1, 0.15) is 5.75 Å². The van der Waals surface area contributed by atoms with E-state index < -0.39 is 0 Å². The maximum absolute atomic E-state index is 11.8. The lowest BCUT2D eigenvalue weighted by atomic mass is 10.3. The van der Waals surface area contributed by atoms with Crippen LogP contribution in [0.4, 0.5) is 10.5 Å². The molecule has 0 saturated heterocycles. The van der Waals surface area contributed by atoms with Crippen molar-refractivity contribution in [2.75, 3.05) is 5.32 Å². The van der Waals surface area contributed by atoms with Crippen LogP contribution in [0.5, 0.6) is 11.5 Å². The highest BCUT2D eigenvalue weighted by atomic mass is 35.5. The Balaban J connectivity index is 1.75. The van der Waals surface area contributed by atoms with Crippen LogP contribution in [0.2, 0.25) is 5.02 Å². The molecule has 2 N–H and O–H groups in total. The number of halogens is 1. The number of rotatable bonds is 4. The van der Waals surface area contributed by atoms with E-state index in [0.717, 1.165) is 12.8 Å². The molecular formula is C16H15ClN2O2. The van der Waals surface area contributed by atoms with Gasteiger partial charge >= 0.3 is 6.03 Å². The standard InChI is InChI=1S/C16H15ClN2O2/c17-12-5-1-3-7-14(12)21-15-8-4-2-6-13(15)19-16(20)18-11-9-10-11/h1-8,11H,9-10H2,(H2,18,19,20). The molecule has 108 valence electrons. The lowest BCUT2D eigenvalue weighted by Gasteiger charge is -2.13. The van der Waals surface area contributed by atoms with Crippen LogP contribution >= 0.6 is 11.6 Å². The summed E-state index contributed by atoms with van der Waals surface area (Å²) in [4.78, 5) is 11.8. The molecule has 2 aromatic carbocycles. The Hall–Kier alpha value is -2.20. The van der Waals surface area contributed by atoms with Gasteiger partial charge in [-0.05, 0) is 37.1 Å². The van der Waals surface area contributed by atoms with Crippen molar-refractivity contribution in [2.24, 2.45) is 0 Å². The fraction of sp³-hybridized carbons (Fsp3) is 0.188. The summed E-state index contributed by atoms with van der Waals surface area (Å²) >= 11 is 6.08. The SMILES string of the molecule is O=C(Nc1ccccc1Oc1ccccc1Cl)NC1CC1. The van der Waals surface area contributed by atoms with E-state index in [0.29, 0.717) is 28.3 Å².